The van der Waals surface area contributed by atoms with E-state index in [0.717, 1.165) is 11.1 Å². The normalized spacial score (nSPS) is 11.3. The summed E-state index contributed by atoms with van der Waals surface area (Å²) in [6.07, 6.45) is 0. The maximum absolute atomic E-state index is 13.6. The molecule has 2 aromatic carbocycles. The van der Waals surface area contributed by atoms with Crippen molar-refractivity contribution in [2.24, 2.45) is 0 Å². The smallest absolute Gasteiger partial charge is 0.129 e. The molecule has 0 spiro atoms. The molecule has 0 unspecified atom stereocenters. The summed E-state index contributed by atoms with van der Waals surface area (Å²) in [5, 5.41) is 0.839. The highest BCUT2D eigenvalue weighted by atomic mass is 35.5. The van der Waals surface area contributed by atoms with Crippen LogP contribution in [0.3, 0.4) is 0 Å². The molecule has 2 nitrogen and oxygen atoms in total. The molecule has 0 aliphatic carbocycles. The third-order valence-electron chi connectivity index (χ3n) is 3.30. The molecule has 0 amide bonds. The zero-order chi connectivity index (χ0) is 15.1. The maximum atomic E-state index is 13.6. The predicted molar refractivity (Wildman–Crippen MR) is 85.3 cm³/mol. The van der Waals surface area contributed by atoms with Crippen molar-refractivity contribution in [2.75, 3.05) is 0 Å². The van der Waals surface area contributed by atoms with Gasteiger partial charge in [-0.15, -0.1) is 11.6 Å². The SMILES string of the molecule is Cc1ccc(F)cc1-n1c(CCl)nc2cc(Cl)c(Cl)cc21. The van der Waals surface area contributed by atoms with Crippen LogP contribution in [0.5, 0.6) is 0 Å². The number of fused-ring (bicyclic) bond motifs is 1. The molecule has 0 aliphatic rings. The van der Waals surface area contributed by atoms with Crippen molar-refractivity contribution < 1.29 is 4.39 Å². The highest BCUT2D eigenvalue weighted by Gasteiger charge is 2.15. The van der Waals surface area contributed by atoms with Crippen LogP contribution in [-0.4, -0.2) is 9.55 Å². The Morgan fingerprint density at radius 3 is 2.57 bits per heavy atom. The fraction of sp³-hybridized carbons (Fsp3) is 0.133. The van der Waals surface area contributed by atoms with Crippen LogP contribution in [0.4, 0.5) is 4.39 Å². The van der Waals surface area contributed by atoms with E-state index >= 15 is 0 Å². The lowest BCUT2D eigenvalue weighted by Crippen LogP contribution is -2.02. The molecule has 0 fully saturated rings. The minimum Gasteiger partial charge on any atom is -0.295 e. The lowest BCUT2D eigenvalue weighted by atomic mass is 10.2. The van der Waals surface area contributed by atoms with E-state index in [2.05, 4.69) is 4.98 Å². The molecule has 6 heteroatoms. The summed E-state index contributed by atoms with van der Waals surface area (Å²) in [5.41, 5.74) is 3.01. The molecule has 3 rings (SSSR count). The first kappa shape index (κ1) is 14.6. The number of benzene rings is 2. The van der Waals surface area contributed by atoms with Crippen molar-refractivity contribution in [2.45, 2.75) is 12.8 Å². The number of halogens is 4. The highest BCUT2D eigenvalue weighted by Crippen LogP contribution is 2.31. The summed E-state index contributed by atoms with van der Waals surface area (Å²) in [6.45, 7) is 1.90. The van der Waals surface area contributed by atoms with Crippen molar-refractivity contribution in [1.82, 2.24) is 9.55 Å². The first-order valence-electron chi connectivity index (χ1n) is 6.20. The van der Waals surface area contributed by atoms with Gasteiger partial charge in [0.25, 0.3) is 0 Å². The van der Waals surface area contributed by atoms with Gasteiger partial charge in [0.2, 0.25) is 0 Å². The molecule has 3 aromatic rings. The van der Waals surface area contributed by atoms with Crippen molar-refractivity contribution in [3.8, 4) is 5.69 Å². The van der Waals surface area contributed by atoms with Crippen LogP contribution >= 0.6 is 34.8 Å². The van der Waals surface area contributed by atoms with Gasteiger partial charge < -0.3 is 0 Å². The van der Waals surface area contributed by atoms with E-state index in [9.17, 15) is 4.39 Å². The summed E-state index contributed by atoms with van der Waals surface area (Å²) in [5.74, 6) is 0.483. The Kier molecular flexibility index (Phi) is 3.82. The van der Waals surface area contributed by atoms with Gasteiger partial charge in [0, 0.05) is 0 Å². The molecule has 21 heavy (non-hydrogen) atoms. The van der Waals surface area contributed by atoms with Gasteiger partial charge in [-0.2, -0.15) is 0 Å². The monoisotopic (exact) mass is 342 g/mol. The van der Waals surface area contributed by atoms with Crippen molar-refractivity contribution in [3.63, 3.8) is 0 Å². The third-order valence-corrected chi connectivity index (χ3v) is 4.26. The van der Waals surface area contributed by atoms with E-state index in [1.807, 2.05) is 11.5 Å². The number of rotatable bonds is 2. The molecular formula is C15H10Cl3FN2. The average molecular weight is 344 g/mol. The Bertz CT molecular complexity index is 843. The number of imidazole rings is 1. The average Bonchev–Trinajstić information content (AvgIpc) is 2.79. The van der Waals surface area contributed by atoms with Crippen LogP contribution in [0.1, 0.15) is 11.4 Å². The lowest BCUT2D eigenvalue weighted by molar-refractivity contribution is 0.626. The second-order valence-corrected chi connectivity index (χ2v) is 5.76. The van der Waals surface area contributed by atoms with Gasteiger partial charge in [0.05, 0.1) is 32.6 Å². The molecule has 1 heterocycles. The molecular weight excluding hydrogens is 334 g/mol. The van der Waals surface area contributed by atoms with Gasteiger partial charge in [-0.05, 0) is 36.8 Å². The standard InChI is InChI=1S/C15H10Cl3FN2/c1-8-2-3-9(19)4-13(8)21-14-6-11(18)10(17)5-12(14)20-15(21)7-16/h2-6H,7H2,1H3. The van der Waals surface area contributed by atoms with Crippen molar-refractivity contribution in [3.05, 3.63) is 57.6 Å². The van der Waals surface area contributed by atoms with E-state index in [4.69, 9.17) is 34.8 Å². The molecule has 0 radical (unpaired) electrons. The molecule has 0 N–H and O–H groups in total. The number of hydrogen-bond donors (Lipinski definition) is 0. The summed E-state index contributed by atoms with van der Waals surface area (Å²) < 4.78 is 15.4. The van der Waals surface area contributed by atoms with E-state index in [0.29, 0.717) is 27.1 Å². The number of nitrogens with zero attached hydrogens (tertiary/aromatic N) is 2. The molecule has 0 atom stereocenters. The molecule has 0 bridgehead atoms. The largest absolute Gasteiger partial charge is 0.295 e. The Balaban J connectivity index is 2.40. The molecule has 1 aromatic heterocycles. The van der Waals surface area contributed by atoms with Gasteiger partial charge in [-0.1, -0.05) is 29.3 Å². The van der Waals surface area contributed by atoms with Crippen LogP contribution < -0.4 is 0 Å². The summed E-state index contributed by atoms with van der Waals surface area (Å²) in [6, 6.07) is 7.98. The summed E-state index contributed by atoms with van der Waals surface area (Å²) in [7, 11) is 0. The van der Waals surface area contributed by atoms with Crippen molar-refractivity contribution in [1.29, 1.82) is 0 Å². The second-order valence-electron chi connectivity index (χ2n) is 4.68. The predicted octanol–water partition coefficient (Wildman–Crippen LogP) is 5.52. The van der Waals surface area contributed by atoms with Crippen LogP contribution in [0.15, 0.2) is 30.3 Å². The highest BCUT2D eigenvalue weighted by molar-refractivity contribution is 6.42. The Morgan fingerprint density at radius 2 is 1.86 bits per heavy atom. The van der Waals surface area contributed by atoms with E-state index in [1.54, 1.807) is 18.2 Å². The van der Waals surface area contributed by atoms with E-state index in [-0.39, 0.29) is 11.7 Å². The Hall–Kier alpha value is -1.29. The third kappa shape index (κ3) is 2.50. The molecule has 0 saturated carbocycles. The summed E-state index contributed by atoms with van der Waals surface area (Å²) >= 11 is 18.1. The minimum absolute atomic E-state index is 0.194. The second kappa shape index (κ2) is 5.48. The van der Waals surface area contributed by atoms with Crippen LogP contribution in [0.25, 0.3) is 16.7 Å². The van der Waals surface area contributed by atoms with Gasteiger partial charge >= 0.3 is 0 Å². The molecule has 0 aliphatic heterocycles. The van der Waals surface area contributed by atoms with Crippen LogP contribution in [0.2, 0.25) is 10.0 Å². The van der Waals surface area contributed by atoms with Crippen LogP contribution in [0, 0.1) is 12.7 Å². The number of hydrogen-bond acceptors (Lipinski definition) is 1. The molecule has 108 valence electrons. The number of aryl methyl sites for hydroxylation is 1. The maximum Gasteiger partial charge on any atom is 0.129 e. The fourth-order valence-electron chi connectivity index (χ4n) is 2.30. The lowest BCUT2D eigenvalue weighted by Gasteiger charge is -2.11. The zero-order valence-electron chi connectivity index (χ0n) is 11.0. The minimum atomic E-state index is -0.321. The van der Waals surface area contributed by atoms with E-state index in [1.165, 1.54) is 12.1 Å². The summed E-state index contributed by atoms with van der Waals surface area (Å²) in [4.78, 5) is 4.45. The number of aromatic nitrogens is 2. The van der Waals surface area contributed by atoms with Crippen LogP contribution in [-0.2, 0) is 5.88 Å². The Morgan fingerprint density at radius 1 is 1.14 bits per heavy atom. The van der Waals surface area contributed by atoms with Gasteiger partial charge in [0.15, 0.2) is 0 Å². The van der Waals surface area contributed by atoms with Gasteiger partial charge in [0.1, 0.15) is 11.6 Å². The van der Waals surface area contributed by atoms with Gasteiger partial charge in [-0.25, -0.2) is 9.37 Å². The number of alkyl halides is 1. The van der Waals surface area contributed by atoms with Crippen molar-refractivity contribution >= 4 is 45.8 Å². The molecule has 0 saturated heterocycles. The topological polar surface area (TPSA) is 17.8 Å². The quantitative estimate of drug-likeness (QED) is 0.560. The zero-order valence-corrected chi connectivity index (χ0v) is 13.3. The Labute approximate surface area is 136 Å². The first-order valence-corrected chi connectivity index (χ1v) is 7.49. The van der Waals surface area contributed by atoms with Gasteiger partial charge in [-0.3, -0.25) is 4.57 Å². The fourth-order valence-corrected chi connectivity index (χ4v) is 2.80. The van der Waals surface area contributed by atoms with E-state index < -0.39 is 0 Å². The first-order chi connectivity index (χ1) is 10.0.